The molecule has 0 aliphatic rings. The van der Waals surface area contributed by atoms with E-state index < -0.39 is 0 Å². The zero-order chi connectivity index (χ0) is 9.68. The van der Waals surface area contributed by atoms with Crippen molar-refractivity contribution in [3.63, 3.8) is 0 Å². The van der Waals surface area contributed by atoms with Gasteiger partial charge in [0, 0.05) is 0 Å². The van der Waals surface area contributed by atoms with Gasteiger partial charge in [0.15, 0.2) is 11.6 Å². The van der Waals surface area contributed by atoms with Crippen molar-refractivity contribution < 1.29 is 9.13 Å². The summed E-state index contributed by atoms with van der Waals surface area (Å²) in [6.07, 6.45) is 3.70. The number of allylic oxidation sites excluding steroid dienone is 1. The number of hydrogen-bond acceptors (Lipinski definition) is 1. The van der Waals surface area contributed by atoms with E-state index in [1.54, 1.807) is 6.07 Å². The maximum absolute atomic E-state index is 13.1. The highest BCUT2D eigenvalue weighted by Crippen LogP contribution is 2.17. The van der Waals surface area contributed by atoms with E-state index in [9.17, 15) is 4.39 Å². The minimum absolute atomic E-state index is 0.301. The van der Waals surface area contributed by atoms with Gasteiger partial charge in [0.05, 0.1) is 0 Å². The van der Waals surface area contributed by atoms with Crippen LogP contribution in [0.4, 0.5) is 4.39 Å². The van der Waals surface area contributed by atoms with E-state index in [4.69, 9.17) is 4.74 Å². The third kappa shape index (κ3) is 2.90. The molecule has 0 amide bonds. The minimum atomic E-state index is -0.301. The van der Waals surface area contributed by atoms with Crippen LogP contribution in [0.5, 0.6) is 5.75 Å². The highest BCUT2D eigenvalue weighted by Gasteiger charge is 2.00. The number of halogens is 1. The summed E-state index contributed by atoms with van der Waals surface area (Å²) in [5, 5.41) is 0. The molecule has 0 radical (unpaired) electrons. The van der Waals surface area contributed by atoms with Crippen LogP contribution in [0, 0.1) is 12.7 Å². The van der Waals surface area contributed by atoms with Gasteiger partial charge in [0.1, 0.15) is 6.61 Å². The van der Waals surface area contributed by atoms with E-state index in [0.29, 0.717) is 12.4 Å². The summed E-state index contributed by atoms with van der Waals surface area (Å²) in [5.74, 6) is 0.00760. The first-order chi connectivity index (χ1) is 6.24. The Labute approximate surface area is 77.8 Å². The van der Waals surface area contributed by atoms with Crippen molar-refractivity contribution in [3.8, 4) is 5.75 Å². The fourth-order valence-electron chi connectivity index (χ4n) is 0.957. The molecular weight excluding hydrogens is 167 g/mol. The summed E-state index contributed by atoms with van der Waals surface area (Å²) in [4.78, 5) is 0. The van der Waals surface area contributed by atoms with Gasteiger partial charge in [-0.25, -0.2) is 4.39 Å². The highest BCUT2D eigenvalue weighted by atomic mass is 19.1. The molecule has 0 bridgehead atoms. The molecule has 0 aromatic heterocycles. The van der Waals surface area contributed by atoms with Gasteiger partial charge >= 0.3 is 0 Å². The minimum Gasteiger partial charge on any atom is -0.486 e. The molecule has 0 fully saturated rings. The van der Waals surface area contributed by atoms with Crippen molar-refractivity contribution in [2.45, 2.75) is 13.8 Å². The Morgan fingerprint density at radius 3 is 2.85 bits per heavy atom. The molecule has 0 saturated carbocycles. The van der Waals surface area contributed by atoms with Gasteiger partial charge in [0.25, 0.3) is 0 Å². The molecular formula is C11H13FO. The van der Waals surface area contributed by atoms with E-state index in [1.165, 1.54) is 6.07 Å². The maximum Gasteiger partial charge on any atom is 0.165 e. The van der Waals surface area contributed by atoms with Crippen LogP contribution >= 0.6 is 0 Å². The average molecular weight is 180 g/mol. The van der Waals surface area contributed by atoms with Crippen LogP contribution in [0.15, 0.2) is 30.4 Å². The predicted molar refractivity (Wildman–Crippen MR) is 51.4 cm³/mol. The zero-order valence-electron chi connectivity index (χ0n) is 7.88. The maximum atomic E-state index is 13.1. The van der Waals surface area contributed by atoms with Crippen LogP contribution in [0.1, 0.15) is 12.5 Å². The molecule has 0 N–H and O–H groups in total. The van der Waals surface area contributed by atoms with Gasteiger partial charge < -0.3 is 4.74 Å². The van der Waals surface area contributed by atoms with E-state index in [-0.39, 0.29) is 5.82 Å². The topological polar surface area (TPSA) is 9.23 Å². The lowest BCUT2D eigenvalue weighted by atomic mass is 10.2. The Kier molecular flexibility index (Phi) is 3.50. The first-order valence-electron chi connectivity index (χ1n) is 4.24. The van der Waals surface area contributed by atoms with Gasteiger partial charge in [-0.05, 0) is 31.5 Å². The summed E-state index contributed by atoms with van der Waals surface area (Å²) in [6.45, 7) is 4.16. The van der Waals surface area contributed by atoms with Crippen molar-refractivity contribution in [3.05, 3.63) is 41.7 Å². The van der Waals surface area contributed by atoms with Gasteiger partial charge in [-0.1, -0.05) is 18.2 Å². The number of rotatable bonds is 3. The van der Waals surface area contributed by atoms with Gasteiger partial charge in [-0.15, -0.1) is 0 Å². The van der Waals surface area contributed by atoms with Crippen molar-refractivity contribution in [1.82, 2.24) is 0 Å². The molecule has 13 heavy (non-hydrogen) atoms. The van der Waals surface area contributed by atoms with Crippen LogP contribution < -0.4 is 4.74 Å². The van der Waals surface area contributed by atoms with Gasteiger partial charge in [-0.3, -0.25) is 0 Å². The molecule has 0 atom stereocenters. The third-order valence-electron chi connectivity index (χ3n) is 1.66. The lowest BCUT2D eigenvalue weighted by Gasteiger charge is -2.04. The fraction of sp³-hybridized carbons (Fsp3) is 0.273. The Bertz CT molecular complexity index is 305. The van der Waals surface area contributed by atoms with Gasteiger partial charge in [-0.2, -0.15) is 0 Å². The average Bonchev–Trinajstić information content (AvgIpc) is 2.09. The molecule has 0 spiro atoms. The van der Waals surface area contributed by atoms with Crippen LogP contribution in [-0.2, 0) is 0 Å². The summed E-state index contributed by atoms with van der Waals surface area (Å²) < 4.78 is 18.3. The monoisotopic (exact) mass is 180 g/mol. The van der Waals surface area contributed by atoms with Crippen LogP contribution in [0.2, 0.25) is 0 Å². The number of aryl methyl sites for hydroxylation is 1. The molecule has 2 heteroatoms. The van der Waals surface area contributed by atoms with E-state index in [1.807, 2.05) is 32.1 Å². The SMILES string of the molecule is CC=CCOc1ccc(C)cc1F. The molecule has 1 aromatic carbocycles. The summed E-state index contributed by atoms with van der Waals surface area (Å²) in [7, 11) is 0. The molecule has 0 heterocycles. The molecule has 0 aliphatic heterocycles. The van der Waals surface area contributed by atoms with E-state index >= 15 is 0 Å². The quantitative estimate of drug-likeness (QED) is 0.649. The first-order valence-corrected chi connectivity index (χ1v) is 4.24. The summed E-state index contributed by atoms with van der Waals surface area (Å²) in [6, 6.07) is 4.94. The van der Waals surface area contributed by atoms with Crippen LogP contribution in [0.25, 0.3) is 0 Å². The number of hydrogen-bond donors (Lipinski definition) is 0. The van der Waals surface area contributed by atoms with Crippen molar-refractivity contribution in [1.29, 1.82) is 0 Å². The standard InChI is InChI=1S/C11H13FO/c1-3-4-7-13-11-6-5-9(2)8-10(11)12/h3-6,8H,7H2,1-2H3. The van der Waals surface area contributed by atoms with Crippen molar-refractivity contribution in [2.24, 2.45) is 0 Å². The molecule has 1 nitrogen and oxygen atoms in total. The molecule has 1 rings (SSSR count). The summed E-state index contributed by atoms with van der Waals surface area (Å²) in [5.41, 5.74) is 0.899. The van der Waals surface area contributed by atoms with Crippen molar-refractivity contribution >= 4 is 0 Å². The Balaban J connectivity index is 2.66. The Morgan fingerprint density at radius 1 is 1.46 bits per heavy atom. The highest BCUT2D eigenvalue weighted by molar-refractivity contribution is 5.28. The molecule has 0 saturated heterocycles. The van der Waals surface area contributed by atoms with Gasteiger partial charge in [0.2, 0.25) is 0 Å². The third-order valence-corrected chi connectivity index (χ3v) is 1.66. The first kappa shape index (κ1) is 9.78. The van der Waals surface area contributed by atoms with E-state index in [2.05, 4.69) is 0 Å². The molecule has 0 aliphatic carbocycles. The predicted octanol–water partition coefficient (Wildman–Crippen LogP) is 3.09. The molecule has 1 aromatic rings. The summed E-state index contributed by atoms with van der Waals surface area (Å²) >= 11 is 0. The van der Waals surface area contributed by atoms with Crippen molar-refractivity contribution in [2.75, 3.05) is 6.61 Å². The normalized spacial score (nSPS) is 10.7. The van der Waals surface area contributed by atoms with E-state index in [0.717, 1.165) is 5.56 Å². The number of benzene rings is 1. The Morgan fingerprint density at radius 2 is 2.23 bits per heavy atom. The lowest BCUT2D eigenvalue weighted by Crippen LogP contribution is -1.95. The Hall–Kier alpha value is -1.31. The fourth-order valence-corrected chi connectivity index (χ4v) is 0.957. The second-order valence-corrected chi connectivity index (χ2v) is 2.81. The molecule has 70 valence electrons. The molecule has 0 unspecified atom stereocenters. The second-order valence-electron chi connectivity index (χ2n) is 2.81. The largest absolute Gasteiger partial charge is 0.486 e. The van der Waals surface area contributed by atoms with Crippen LogP contribution in [0.3, 0.4) is 0 Å². The second kappa shape index (κ2) is 4.65. The van der Waals surface area contributed by atoms with Crippen LogP contribution in [-0.4, -0.2) is 6.61 Å². The lowest BCUT2D eigenvalue weighted by molar-refractivity contribution is 0.341. The zero-order valence-corrected chi connectivity index (χ0v) is 7.88. The number of ether oxygens (including phenoxy) is 1. The smallest absolute Gasteiger partial charge is 0.165 e.